The summed E-state index contributed by atoms with van der Waals surface area (Å²) >= 11 is 0. The Labute approximate surface area is 238 Å². The van der Waals surface area contributed by atoms with Crippen molar-refractivity contribution in [2.24, 2.45) is 5.41 Å². The summed E-state index contributed by atoms with van der Waals surface area (Å²) in [5, 5.41) is 0. The number of hydrogen-bond acceptors (Lipinski definition) is 6. The van der Waals surface area contributed by atoms with E-state index in [1.54, 1.807) is 0 Å². The Morgan fingerprint density at radius 3 is 1.49 bits per heavy atom. The molecule has 2 aromatic carbocycles. The Morgan fingerprint density at radius 2 is 1.08 bits per heavy atom. The summed E-state index contributed by atoms with van der Waals surface area (Å²) in [4.78, 5) is 0. The third-order valence-corrected chi connectivity index (χ3v) is 9.22. The van der Waals surface area contributed by atoms with Crippen molar-refractivity contribution in [2.45, 2.75) is 91.9 Å². The molecule has 0 saturated carbocycles. The van der Waals surface area contributed by atoms with Crippen molar-refractivity contribution in [3.63, 3.8) is 0 Å². The van der Waals surface area contributed by atoms with E-state index in [-0.39, 0.29) is 21.7 Å². The molecule has 6 nitrogen and oxygen atoms in total. The summed E-state index contributed by atoms with van der Waals surface area (Å²) in [7, 11) is -3.00. The highest BCUT2D eigenvalue weighted by molar-refractivity contribution is 7.42. The predicted molar refractivity (Wildman–Crippen MR) is 160 cm³/mol. The summed E-state index contributed by atoms with van der Waals surface area (Å²) in [6, 6.07) is 12.8. The highest BCUT2D eigenvalue weighted by atomic mass is 31.2. The van der Waals surface area contributed by atoms with Crippen molar-refractivity contribution >= 4 is 17.2 Å². The van der Waals surface area contributed by atoms with Crippen LogP contribution in [0.4, 0.5) is 0 Å². The van der Waals surface area contributed by atoms with Gasteiger partial charge in [0.2, 0.25) is 0 Å². The maximum absolute atomic E-state index is 6.30. The number of hydrogen-bond donors (Lipinski definition) is 0. The molecule has 8 heteroatoms. The molecule has 0 bridgehead atoms. The van der Waals surface area contributed by atoms with Crippen LogP contribution < -0.4 is 9.05 Å². The van der Waals surface area contributed by atoms with Crippen LogP contribution >= 0.6 is 17.2 Å². The van der Waals surface area contributed by atoms with Gasteiger partial charge in [0.05, 0.1) is 31.8 Å². The quantitative estimate of drug-likeness (QED) is 0.331. The molecule has 0 unspecified atom stereocenters. The van der Waals surface area contributed by atoms with Gasteiger partial charge in [0.25, 0.3) is 0 Å². The van der Waals surface area contributed by atoms with E-state index in [9.17, 15) is 0 Å². The van der Waals surface area contributed by atoms with E-state index >= 15 is 0 Å². The van der Waals surface area contributed by atoms with Gasteiger partial charge in [-0.05, 0) is 45.9 Å². The van der Waals surface area contributed by atoms with Gasteiger partial charge in [0.15, 0.2) is 0 Å². The summed E-state index contributed by atoms with van der Waals surface area (Å²) in [6.07, 6.45) is 0.986. The lowest BCUT2D eigenvalue weighted by molar-refractivity contribution is -0.0673. The molecule has 2 fully saturated rings. The highest BCUT2D eigenvalue weighted by Crippen LogP contribution is 2.54. The van der Waals surface area contributed by atoms with E-state index in [0.717, 1.165) is 29.0 Å². The molecule has 2 aromatic rings. The molecule has 2 aliphatic rings. The van der Waals surface area contributed by atoms with Gasteiger partial charge >= 0.3 is 17.2 Å². The van der Waals surface area contributed by atoms with Gasteiger partial charge in [0, 0.05) is 11.1 Å². The zero-order valence-corrected chi connectivity index (χ0v) is 27.1. The summed E-state index contributed by atoms with van der Waals surface area (Å²) in [6.45, 7) is 23.8. The lowest BCUT2D eigenvalue weighted by atomic mass is 9.80. The second-order valence-electron chi connectivity index (χ2n) is 13.9. The minimum Gasteiger partial charge on any atom is -0.426 e. The highest BCUT2D eigenvalue weighted by Gasteiger charge is 2.45. The van der Waals surface area contributed by atoms with Crippen LogP contribution in [0.1, 0.15) is 91.5 Å². The maximum atomic E-state index is 6.30. The standard InChI is InChI=1S/C31H46O6P2/c1-11-22-12-14-26(24(16-22)29(5,6)7)36-38-32-18-31(19-33-38)20-34-39(35-21-31)37-27-15-13-23(28(2,3)4)17-25(27)30(8,9)10/h12-17H,11,18-21H2,1-10H3. The van der Waals surface area contributed by atoms with Gasteiger partial charge < -0.3 is 27.1 Å². The van der Waals surface area contributed by atoms with Crippen LogP contribution in [0.25, 0.3) is 0 Å². The van der Waals surface area contributed by atoms with Crippen LogP contribution in [0, 0.1) is 5.41 Å². The molecule has 0 aromatic heterocycles. The number of benzene rings is 2. The van der Waals surface area contributed by atoms with E-state index in [1.165, 1.54) is 11.1 Å². The van der Waals surface area contributed by atoms with Crippen LogP contribution in [0.3, 0.4) is 0 Å². The van der Waals surface area contributed by atoms with E-state index in [4.69, 9.17) is 27.1 Å². The third kappa shape index (κ3) is 7.53. The first kappa shape index (κ1) is 30.7. The summed E-state index contributed by atoms with van der Waals surface area (Å²) in [5.74, 6) is 1.64. The van der Waals surface area contributed by atoms with Crippen molar-refractivity contribution in [1.29, 1.82) is 0 Å². The van der Waals surface area contributed by atoms with Crippen molar-refractivity contribution in [1.82, 2.24) is 0 Å². The first-order valence-corrected chi connectivity index (χ1v) is 16.1. The summed E-state index contributed by atoms with van der Waals surface area (Å²) in [5.41, 5.74) is 4.46. The lowest BCUT2D eigenvalue weighted by Gasteiger charge is -2.41. The Balaban J connectivity index is 1.36. The molecule has 0 amide bonds. The van der Waals surface area contributed by atoms with Crippen LogP contribution in [-0.2, 0) is 40.8 Å². The molecule has 2 saturated heterocycles. The topological polar surface area (TPSA) is 55.4 Å². The van der Waals surface area contributed by atoms with Gasteiger partial charge in [-0.2, -0.15) is 0 Å². The molecule has 4 rings (SSSR count). The Hall–Kier alpha value is -1.26. The average molecular weight is 577 g/mol. The fourth-order valence-electron chi connectivity index (χ4n) is 4.47. The van der Waals surface area contributed by atoms with Crippen molar-refractivity contribution in [2.75, 3.05) is 26.4 Å². The van der Waals surface area contributed by atoms with Crippen molar-refractivity contribution < 1.29 is 27.1 Å². The molecular formula is C31H46O6P2. The molecule has 0 atom stereocenters. The van der Waals surface area contributed by atoms with Gasteiger partial charge in [0.1, 0.15) is 11.5 Å². The zero-order valence-electron chi connectivity index (χ0n) is 25.3. The van der Waals surface area contributed by atoms with E-state index < -0.39 is 17.2 Å². The van der Waals surface area contributed by atoms with Gasteiger partial charge in [-0.3, -0.25) is 0 Å². The molecule has 2 aliphatic heterocycles. The first-order valence-electron chi connectivity index (χ1n) is 13.9. The minimum atomic E-state index is -1.51. The normalized spacial score (nSPS) is 24.6. The number of aryl methyl sites for hydroxylation is 1. The molecule has 1 spiro atoms. The third-order valence-electron chi connectivity index (χ3n) is 7.16. The molecule has 216 valence electrons. The smallest absolute Gasteiger partial charge is 0.397 e. The second-order valence-corrected chi connectivity index (χ2v) is 16.2. The molecule has 2 heterocycles. The Morgan fingerprint density at radius 1 is 0.641 bits per heavy atom. The predicted octanol–water partition coefficient (Wildman–Crippen LogP) is 9.13. The van der Waals surface area contributed by atoms with Crippen LogP contribution in [-0.4, -0.2) is 26.4 Å². The largest absolute Gasteiger partial charge is 0.426 e. The van der Waals surface area contributed by atoms with E-state index in [1.807, 2.05) is 6.07 Å². The fraction of sp³-hybridized carbons (Fsp3) is 0.613. The molecule has 0 aliphatic carbocycles. The van der Waals surface area contributed by atoms with Gasteiger partial charge in [-0.25, -0.2) is 0 Å². The van der Waals surface area contributed by atoms with Crippen LogP contribution in [0.15, 0.2) is 36.4 Å². The SMILES string of the molecule is CCc1ccc(OP2OCC3(CO2)COP(Oc2ccc(C(C)(C)C)cc2C(C)(C)C)OC3)c(C(C)(C)C)c1. The van der Waals surface area contributed by atoms with E-state index in [2.05, 4.69) is 99.6 Å². The molecule has 0 radical (unpaired) electrons. The van der Waals surface area contributed by atoms with Crippen molar-refractivity contribution in [3.8, 4) is 11.5 Å². The second kappa shape index (κ2) is 11.6. The average Bonchev–Trinajstić information content (AvgIpc) is 2.85. The summed E-state index contributed by atoms with van der Waals surface area (Å²) < 4.78 is 36.9. The Bertz CT molecular complexity index is 1130. The zero-order chi connectivity index (χ0) is 28.6. The number of rotatable bonds is 5. The van der Waals surface area contributed by atoms with Gasteiger partial charge in [-0.15, -0.1) is 0 Å². The lowest BCUT2D eigenvalue weighted by Crippen LogP contribution is -2.45. The van der Waals surface area contributed by atoms with Crippen LogP contribution in [0.5, 0.6) is 11.5 Å². The van der Waals surface area contributed by atoms with Gasteiger partial charge in [-0.1, -0.05) is 93.5 Å². The molecule has 0 N–H and O–H groups in total. The first-order chi connectivity index (χ1) is 18.1. The Kier molecular flexibility index (Phi) is 9.09. The fourth-order valence-corrected chi connectivity index (χ4v) is 6.99. The minimum absolute atomic E-state index is 0.0466. The van der Waals surface area contributed by atoms with E-state index in [0.29, 0.717) is 26.4 Å². The molecular weight excluding hydrogens is 530 g/mol. The monoisotopic (exact) mass is 576 g/mol. The molecule has 39 heavy (non-hydrogen) atoms. The maximum Gasteiger partial charge on any atom is 0.397 e. The van der Waals surface area contributed by atoms with Crippen molar-refractivity contribution in [3.05, 3.63) is 58.7 Å². The van der Waals surface area contributed by atoms with Crippen LogP contribution in [0.2, 0.25) is 0 Å².